The lowest BCUT2D eigenvalue weighted by Crippen LogP contribution is -2.41. The Balaban J connectivity index is 1.62. The molecular weight excluding hydrogens is 368 g/mol. The zero-order chi connectivity index (χ0) is 19.4. The number of nitrogens with zero attached hydrogens (tertiary/aromatic N) is 1. The summed E-state index contributed by atoms with van der Waals surface area (Å²) in [5.41, 5.74) is 1.72. The van der Waals surface area contributed by atoms with Crippen LogP contribution in [0.1, 0.15) is 24.0 Å². The summed E-state index contributed by atoms with van der Waals surface area (Å²) in [6.45, 7) is 2.73. The topological polar surface area (TPSA) is 84.9 Å². The Morgan fingerprint density at radius 3 is 2.93 bits per heavy atom. The van der Waals surface area contributed by atoms with Crippen LogP contribution in [-0.4, -0.2) is 54.9 Å². The van der Waals surface area contributed by atoms with Crippen LogP contribution in [0.2, 0.25) is 0 Å². The molecule has 0 unspecified atom stereocenters. The second-order valence-corrected chi connectivity index (χ2v) is 7.43. The first-order valence-corrected chi connectivity index (χ1v) is 9.58. The molecule has 1 atom stereocenters. The molecule has 3 amide bonds. The summed E-state index contributed by atoms with van der Waals surface area (Å²) in [5, 5.41) is 2.28. The van der Waals surface area contributed by atoms with Crippen LogP contribution in [0.25, 0.3) is 6.08 Å². The maximum absolute atomic E-state index is 12.5. The fourth-order valence-electron chi connectivity index (χ4n) is 3.01. The predicted molar refractivity (Wildman–Crippen MR) is 102 cm³/mol. The summed E-state index contributed by atoms with van der Waals surface area (Å²) in [5.74, 6) is -0.0664. The molecule has 2 heterocycles. The smallest absolute Gasteiger partial charge is 0.294 e. The summed E-state index contributed by atoms with van der Waals surface area (Å²) in [6, 6.07) is 5.50. The van der Waals surface area contributed by atoms with E-state index in [2.05, 4.69) is 5.32 Å². The van der Waals surface area contributed by atoms with Crippen molar-refractivity contribution in [1.82, 2.24) is 10.2 Å². The highest BCUT2D eigenvalue weighted by atomic mass is 32.2. The average molecular weight is 390 g/mol. The number of imide groups is 1. The number of nitrogens with one attached hydrogen (secondary N) is 1. The number of rotatable bonds is 6. The van der Waals surface area contributed by atoms with Gasteiger partial charge in [0.25, 0.3) is 11.1 Å². The highest BCUT2D eigenvalue weighted by molar-refractivity contribution is 8.18. The van der Waals surface area contributed by atoms with E-state index in [0.717, 1.165) is 46.4 Å². The minimum absolute atomic E-state index is 0.0158. The van der Waals surface area contributed by atoms with E-state index in [1.807, 2.05) is 25.1 Å². The number of ether oxygens (including phenoxy) is 2. The first-order chi connectivity index (χ1) is 13.0. The Hall–Kier alpha value is -2.32. The molecule has 0 aliphatic carbocycles. The van der Waals surface area contributed by atoms with Crippen LogP contribution in [0.5, 0.6) is 5.75 Å². The predicted octanol–water partition coefficient (Wildman–Crippen LogP) is 2.34. The van der Waals surface area contributed by atoms with Crippen molar-refractivity contribution in [2.75, 3.05) is 26.8 Å². The molecular formula is C19H22N2O5S. The van der Waals surface area contributed by atoms with Gasteiger partial charge in [-0.2, -0.15) is 0 Å². The first kappa shape index (κ1) is 19.4. The van der Waals surface area contributed by atoms with E-state index in [9.17, 15) is 14.4 Å². The molecule has 2 fully saturated rings. The molecule has 1 N–H and O–H groups in total. The molecule has 2 saturated heterocycles. The number of thioether (sulfide) groups is 1. The normalized spacial score (nSPS) is 21.2. The van der Waals surface area contributed by atoms with E-state index in [0.29, 0.717) is 18.1 Å². The maximum Gasteiger partial charge on any atom is 0.294 e. The number of aryl methyl sites for hydroxylation is 1. The van der Waals surface area contributed by atoms with E-state index < -0.39 is 11.1 Å². The minimum Gasteiger partial charge on any atom is -0.496 e. The summed E-state index contributed by atoms with van der Waals surface area (Å²) in [7, 11) is 1.59. The van der Waals surface area contributed by atoms with Crippen LogP contribution in [0, 0.1) is 6.92 Å². The van der Waals surface area contributed by atoms with E-state index in [1.54, 1.807) is 13.2 Å². The summed E-state index contributed by atoms with van der Waals surface area (Å²) in [4.78, 5) is 38.0. The molecule has 0 aromatic heterocycles. The lowest BCUT2D eigenvalue weighted by Gasteiger charge is -2.14. The Morgan fingerprint density at radius 1 is 1.44 bits per heavy atom. The molecule has 0 saturated carbocycles. The maximum atomic E-state index is 12.5. The second-order valence-electron chi connectivity index (χ2n) is 6.44. The number of methoxy groups -OCH3 is 1. The van der Waals surface area contributed by atoms with Gasteiger partial charge in [-0.05, 0) is 60.9 Å². The Kier molecular flexibility index (Phi) is 6.18. The van der Waals surface area contributed by atoms with E-state index in [4.69, 9.17) is 9.47 Å². The summed E-state index contributed by atoms with van der Waals surface area (Å²) in [6.07, 6.45) is 3.56. The number of carbonyl (C=O) groups is 3. The fraction of sp³-hybridized carbons (Fsp3) is 0.421. The molecule has 1 aromatic carbocycles. The molecule has 2 aliphatic heterocycles. The molecule has 1 aromatic rings. The van der Waals surface area contributed by atoms with E-state index in [-0.39, 0.29) is 18.6 Å². The van der Waals surface area contributed by atoms with Crippen molar-refractivity contribution >= 4 is 34.9 Å². The van der Waals surface area contributed by atoms with Crippen LogP contribution in [-0.2, 0) is 14.3 Å². The van der Waals surface area contributed by atoms with Gasteiger partial charge in [0, 0.05) is 13.2 Å². The first-order valence-electron chi connectivity index (χ1n) is 8.76. The van der Waals surface area contributed by atoms with E-state index >= 15 is 0 Å². The molecule has 0 bridgehead atoms. The van der Waals surface area contributed by atoms with Crippen molar-refractivity contribution in [3.63, 3.8) is 0 Å². The van der Waals surface area contributed by atoms with Gasteiger partial charge in [-0.1, -0.05) is 6.07 Å². The number of amides is 3. The van der Waals surface area contributed by atoms with Gasteiger partial charge in [-0.25, -0.2) is 0 Å². The van der Waals surface area contributed by atoms with Crippen LogP contribution >= 0.6 is 11.8 Å². The zero-order valence-electron chi connectivity index (χ0n) is 15.3. The number of benzene rings is 1. The molecule has 2 aliphatic rings. The SMILES string of the molecule is COc1ccc(/C=C2\SC(=O)N(CC(=O)NC[C@H]3CCCO3)C2=O)cc1C. The van der Waals surface area contributed by atoms with Gasteiger partial charge in [0.15, 0.2) is 0 Å². The molecule has 144 valence electrons. The number of carbonyl (C=O) groups excluding carboxylic acids is 3. The van der Waals surface area contributed by atoms with E-state index in [1.165, 1.54) is 0 Å². The van der Waals surface area contributed by atoms with Crippen molar-refractivity contribution < 1.29 is 23.9 Å². The molecule has 0 spiro atoms. The summed E-state index contributed by atoms with van der Waals surface area (Å²) < 4.78 is 10.7. The monoisotopic (exact) mass is 390 g/mol. The minimum atomic E-state index is -0.453. The van der Waals surface area contributed by atoms with Crippen LogP contribution < -0.4 is 10.1 Å². The third-order valence-electron chi connectivity index (χ3n) is 4.44. The fourth-order valence-corrected chi connectivity index (χ4v) is 3.85. The van der Waals surface area contributed by atoms with Gasteiger partial charge in [-0.15, -0.1) is 0 Å². The Bertz CT molecular complexity index is 786. The van der Waals surface area contributed by atoms with Gasteiger partial charge >= 0.3 is 0 Å². The molecule has 3 rings (SSSR count). The van der Waals surface area contributed by atoms with Gasteiger partial charge < -0.3 is 14.8 Å². The zero-order valence-corrected chi connectivity index (χ0v) is 16.1. The third-order valence-corrected chi connectivity index (χ3v) is 5.35. The van der Waals surface area contributed by atoms with Crippen molar-refractivity contribution in [2.24, 2.45) is 0 Å². The number of hydrogen-bond donors (Lipinski definition) is 1. The van der Waals surface area contributed by atoms with Gasteiger partial charge in [0.1, 0.15) is 12.3 Å². The van der Waals surface area contributed by atoms with Gasteiger partial charge in [-0.3, -0.25) is 19.3 Å². The Labute approximate surface area is 162 Å². The lowest BCUT2D eigenvalue weighted by molar-refractivity contribution is -0.129. The molecule has 0 radical (unpaired) electrons. The Morgan fingerprint density at radius 2 is 2.26 bits per heavy atom. The second kappa shape index (κ2) is 8.58. The van der Waals surface area contributed by atoms with Crippen LogP contribution in [0.4, 0.5) is 4.79 Å². The lowest BCUT2D eigenvalue weighted by atomic mass is 10.1. The van der Waals surface area contributed by atoms with Crippen molar-refractivity contribution in [1.29, 1.82) is 0 Å². The molecule has 27 heavy (non-hydrogen) atoms. The van der Waals surface area contributed by atoms with Crippen LogP contribution in [0.15, 0.2) is 23.1 Å². The molecule has 8 heteroatoms. The third kappa shape index (κ3) is 4.70. The highest BCUT2D eigenvalue weighted by Gasteiger charge is 2.36. The standard InChI is InChI=1S/C19H22N2O5S/c1-12-8-13(5-6-15(12)25-2)9-16-18(23)21(19(24)27-16)11-17(22)20-10-14-4-3-7-26-14/h5-6,8-9,14H,3-4,7,10-11H2,1-2H3,(H,20,22)/b16-9-/t14-/m1/s1. The van der Waals surface area contributed by atoms with Crippen molar-refractivity contribution in [2.45, 2.75) is 25.9 Å². The summed E-state index contributed by atoms with van der Waals surface area (Å²) >= 11 is 0.840. The van der Waals surface area contributed by atoms with Crippen molar-refractivity contribution in [3.05, 3.63) is 34.2 Å². The molecule has 7 nitrogen and oxygen atoms in total. The largest absolute Gasteiger partial charge is 0.496 e. The quantitative estimate of drug-likeness (QED) is 0.751. The van der Waals surface area contributed by atoms with Gasteiger partial charge in [0.2, 0.25) is 5.91 Å². The number of hydrogen-bond acceptors (Lipinski definition) is 6. The highest BCUT2D eigenvalue weighted by Crippen LogP contribution is 2.32. The average Bonchev–Trinajstić information content (AvgIpc) is 3.24. The van der Waals surface area contributed by atoms with Gasteiger partial charge in [0.05, 0.1) is 18.1 Å². The van der Waals surface area contributed by atoms with Crippen LogP contribution in [0.3, 0.4) is 0 Å². The van der Waals surface area contributed by atoms with Crippen molar-refractivity contribution in [3.8, 4) is 5.75 Å².